The highest BCUT2D eigenvalue weighted by atomic mass is 16.5. The Bertz CT molecular complexity index is 1040. The maximum absolute atomic E-state index is 12.0. The van der Waals surface area contributed by atoms with Crippen LogP contribution in [0.15, 0.2) is 24.3 Å². The fraction of sp³-hybridized carbons (Fsp3) is 0.593. The monoisotopic (exact) mass is 497 g/mol. The third-order valence-corrected chi connectivity index (χ3v) is 7.03. The van der Waals surface area contributed by atoms with Crippen LogP contribution in [0.25, 0.3) is 11.4 Å². The molecule has 1 amide bonds. The molecule has 0 saturated carbocycles. The van der Waals surface area contributed by atoms with E-state index in [0.717, 1.165) is 61.8 Å². The molecule has 3 heterocycles. The second kappa shape index (κ2) is 12.0. The minimum absolute atomic E-state index is 0.112. The van der Waals surface area contributed by atoms with Crippen molar-refractivity contribution in [1.29, 1.82) is 0 Å². The van der Waals surface area contributed by atoms with Gasteiger partial charge in [0.2, 0.25) is 5.91 Å². The number of nitrogens with zero attached hydrogens (tertiary/aromatic N) is 4. The van der Waals surface area contributed by atoms with E-state index in [0.29, 0.717) is 30.6 Å². The number of rotatable bonds is 9. The molecule has 0 aliphatic carbocycles. The Kier molecular flexibility index (Phi) is 8.77. The zero-order valence-electron chi connectivity index (χ0n) is 21.9. The number of carbonyl (C=O) groups excluding carboxylic acids is 1. The van der Waals surface area contributed by atoms with Gasteiger partial charge in [-0.3, -0.25) is 4.79 Å². The molecule has 9 heteroatoms. The van der Waals surface area contributed by atoms with E-state index in [1.54, 1.807) is 14.0 Å². The summed E-state index contributed by atoms with van der Waals surface area (Å²) in [6.07, 6.45) is 1.31. The van der Waals surface area contributed by atoms with Crippen molar-refractivity contribution in [2.75, 3.05) is 57.9 Å². The summed E-state index contributed by atoms with van der Waals surface area (Å²) in [7, 11) is 1.80. The lowest BCUT2D eigenvalue weighted by molar-refractivity contribution is -0.131. The summed E-state index contributed by atoms with van der Waals surface area (Å²) in [5, 5.41) is 12.9. The van der Waals surface area contributed by atoms with Crippen molar-refractivity contribution in [2.24, 2.45) is 5.92 Å². The number of hydrogen-bond donors (Lipinski definition) is 2. The fourth-order valence-electron chi connectivity index (χ4n) is 5.03. The number of nitrogens with one attached hydrogen (secondary N) is 1. The predicted octanol–water partition coefficient (Wildman–Crippen LogP) is 2.05. The number of hydrogen-bond acceptors (Lipinski definition) is 8. The summed E-state index contributed by atoms with van der Waals surface area (Å²) in [5.74, 6) is 2.83. The molecule has 2 aliphatic heterocycles. The molecule has 2 aliphatic rings. The summed E-state index contributed by atoms with van der Waals surface area (Å²) < 4.78 is 11.5. The largest absolute Gasteiger partial charge is 0.491 e. The smallest absolute Gasteiger partial charge is 0.219 e. The van der Waals surface area contributed by atoms with Crippen LogP contribution in [-0.4, -0.2) is 91.1 Å². The molecule has 1 aromatic heterocycles. The Morgan fingerprint density at radius 1 is 1.33 bits per heavy atom. The molecule has 2 N–H and O–H groups in total. The van der Waals surface area contributed by atoms with Crippen molar-refractivity contribution >= 4 is 11.7 Å². The molecule has 4 rings (SSSR count). The van der Waals surface area contributed by atoms with Gasteiger partial charge in [-0.2, -0.15) is 0 Å². The lowest BCUT2D eigenvalue weighted by Gasteiger charge is -2.40. The van der Waals surface area contributed by atoms with Gasteiger partial charge in [0.15, 0.2) is 5.82 Å². The summed E-state index contributed by atoms with van der Waals surface area (Å²) in [5.41, 5.74) is 3.01. The van der Waals surface area contributed by atoms with E-state index in [1.807, 2.05) is 29.2 Å². The number of piperazine rings is 1. The number of ether oxygens (including phenoxy) is 2. The SMILES string of the molecule is CNCC(O)COc1cccc(-c2nc(C[C@@H]3CCOC3)c(C)c(N3CCN(C(C)=O)[C@@H](C)C3)n2)c1. The molecule has 0 radical (unpaired) electrons. The molecule has 2 fully saturated rings. The number of anilines is 1. The molecule has 2 saturated heterocycles. The summed E-state index contributed by atoms with van der Waals surface area (Å²) in [6.45, 7) is 10.2. The van der Waals surface area contributed by atoms with Gasteiger partial charge >= 0.3 is 0 Å². The van der Waals surface area contributed by atoms with Crippen LogP contribution in [0.2, 0.25) is 0 Å². The van der Waals surface area contributed by atoms with Crippen LogP contribution in [0.3, 0.4) is 0 Å². The molecule has 36 heavy (non-hydrogen) atoms. The second-order valence-electron chi connectivity index (χ2n) is 9.93. The first-order chi connectivity index (χ1) is 17.4. The van der Waals surface area contributed by atoms with Crippen molar-refractivity contribution in [3.8, 4) is 17.1 Å². The Hall–Kier alpha value is -2.75. The van der Waals surface area contributed by atoms with Gasteiger partial charge in [0, 0.05) is 69.2 Å². The molecule has 9 nitrogen and oxygen atoms in total. The molecule has 0 bridgehead atoms. The van der Waals surface area contributed by atoms with E-state index in [1.165, 1.54) is 0 Å². The Labute approximate surface area is 213 Å². The molecule has 1 unspecified atom stereocenters. The molecular weight excluding hydrogens is 458 g/mol. The minimum atomic E-state index is -0.586. The highest BCUT2D eigenvalue weighted by Crippen LogP contribution is 2.30. The maximum atomic E-state index is 12.0. The lowest BCUT2D eigenvalue weighted by atomic mass is 9.99. The van der Waals surface area contributed by atoms with Crippen LogP contribution in [-0.2, 0) is 16.0 Å². The van der Waals surface area contributed by atoms with Crippen molar-refractivity contribution in [1.82, 2.24) is 20.2 Å². The summed E-state index contributed by atoms with van der Waals surface area (Å²) in [6, 6.07) is 7.84. The van der Waals surface area contributed by atoms with Crippen molar-refractivity contribution in [3.63, 3.8) is 0 Å². The van der Waals surface area contributed by atoms with E-state index in [4.69, 9.17) is 19.4 Å². The van der Waals surface area contributed by atoms with Crippen LogP contribution in [0.5, 0.6) is 5.75 Å². The third kappa shape index (κ3) is 6.32. The van der Waals surface area contributed by atoms with Gasteiger partial charge in [-0.15, -0.1) is 0 Å². The van der Waals surface area contributed by atoms with Crippen LogP contribution in [0.1, 0.15) is 31.5 Å². The fourth-order valence-corrected chi connectivity index (χ4v) is 5.03. The Morgan fingerprint density at radius 3 is 2.86 bits per heavy atom. The number of amides is 1. The number of benzene rings is 1. The second-order valence-corrected chi connectivity index (χ2v) is 9.93. The molecular formula is C27H39N5O4. The van der Waals surface area contributed by atoms with Crippen molar-refractivity contribution in [2.45, 2.75) is 45.8 Å². The van der Waals surface area contributed by atoms with E-state index in [-0.39, 0.29) is 18.6 Å². The first-order valence-corrected chi connectivity index (χ1v) is 12.9. The van der Waals surface area contributed by atoms with Gasteiger partial charge in [-0.05, 0) is 51.8 Å². The number of carbonyl (C=O) groups is 1. The van der Waals surface area contributed by atoms with E-state index in [9.17, 15) is 9.90 Å². The van der Waals surface area contributed by atoms with Gasteiger partial charge in [-0.25, -0.2) is 9.97 Å². The molecule has 196 valence electrons. The van der Waals surface area contributed by atoms with Gasteiger partial charge in [0.25, 0.3) is 0 Å². The summed E-state index contributed by atoms with van der Waals surface area (Å²) >= 11 is 0. The normalized spacial score (nSPS) is 21.0. The van der Waals surface area contributed by atoms with Gasteiger partial charge in [0.1, 0.15) is 24.3 Å². The Morgan fingerprint density at radius 2 is 2.17 bits per heavy atom. The van der Waals surface area contributed by atoms with Crippen LogP contribution in [0.4, 0.5) is 5.82 Å². The number of aliphatic hydroxyl groups excluding tert-OH is 1. The third-order valence-electron chi connectivity index (χ3n) is 7.03. The number of likely N-dealkylation sites (N-methyl/N-ethyl adjacent to an activating group) is 1. The number of aliphatic hydroxyl groups is 1. The molecule has 3 atom stereocenters. The standard InChI is InChI=1S/C27H39N5O4/c1-18-15-31(9-10-32(18)20(3)33)27-19(2)25(12-21-8-11-35-16-21)29-26(30-27)22-6-5-7-24(13-22)36-17-23(34)14-28-4/h5-7,13,18,21,23,28,34H,8-12,14-17H2,1-4H3/t18-,21-,23?/m0/s1. The first kappa shape index (κ1) is 26.3. The zero-order valence-corrected chi connectivity index (χ0v) is 21.9. The van der Waals surface area contributed by atoms with E-state index in [2.05, 4.69) is 24.1 Å². The van der Waals surface area contributed by atoms with E-state index < -0.39 is 6.10 Å². The quantitative estimate of drug-likeness (QED) is 0.543. The highest BCUT2D eigenvalue weighted by molar-refractivity contribution is 5.74. The van der Waals surface area contributed by atoms with Crippen LogP contribution >= 0.6 is 0 Å². The highest BCUT2D eigenvalue weighted by Gasteiger charge is 2.29. The average Bonchev–Trinajstić information content (AvgIpc) is 3.37. The van der Waals surface area contributed by atoms with Crippen molar-refractivity contribution in [3.05, 3.63) is 35.5 Å². The topological polar surface area (TPSA) is 100 Å². The van der Waals surface area contributed by atoms with E-state index >= 15 is 0 Å². The Balaban J connectivity index is 1.64. The van der Waals surface area contributed by atoms with Crippen molar-refractivity contribution < 1.29 is 19.4 Å². The van der Waals surface area contributed by atoms with Gasteiger partial charge in [-0.1, -0.05) is 12.1 Å². The average molecular weight is 498 g/mol. The van der Waals surface area contributed by atoms with Gasteiger partial charge < -0.3 is 29.7 Å². The predicted molar refractivity (Wildman–Crippen MR) is 139 cm³/mol. The number of aromatic nitrogens is 2. The first-order valence-electron chi connectivity index (χ1n) is 12.9. The molecule has 2 aromatic rings. The lowest BCUT2D eigenvalue weighted by Crippen LogP contribution is -2.54. The zero-order chi connectivity index (χ0) is 25.7. The molecule has 0 spiro atoms. The molecule has 1 aromatic carbocycles. The maximum Gasteiger partial charge on any atom is 0.219 e. The van der Waals surface area contributed by atoms with Crippen LogP contribution < -0.4 is 15.0 Å². The van der Waals surface area contributed by atoms with Gasteiger partial charge in [0.05, 0.1) is 0 Å². The summed E-state index contributed by atoms with van der Waals surface area (Å²) in [4.78, 5) is 26.3. The van der Waals surface area contributed by atoms with Crippen LogP contribution in [0, 0.1) is 12.8 Å². The minimum Gasteiger partial charge on any atom is -0.491 e.